The topological polar surface area (TPSA) is 71.0 Å². The van der Waals surface area contributed by atoms with Crippen molar-refractivity contribution in [1.82, 2.24) is 19.4 Å². The second-order valence-electron chi connectivity index (χ2n) is 7.70. The smallest absolute Gasteiger partial charge is 0.250 e. The zero-order valence-corrected chi connectivity index (χ0v) is 15.1. The molecule has 2 atom stereocenters. The fraction of sp³-hybridized carbons (Fsp3) is 0.381. The molecule has 6 heteroatoms. The Morgan fingerprint density at radius 2 is 2.00 bits per heavy atom. The molecule has 1 fully saturated rings. The number of piperidine rings is 1. The maximum atomic E-state index is 12.8. The molecule has 1 amide bonds. The van der Waals surface area contributed by atoms with Crippen LogP contribution in [0.1, 0.15) is 30.3 Å². The summed E-state index contributed by atoms with van der Waals surface area (Å²) in [6.45, 7) is 2.17. The van der Waals surface area contributed by atoms with Crippen LogP contribution >= 0.6 is 0 Å². The van der Waals surface area contributed by atoms with Crippen LogP contribution in [0.4, 0.5) is 0 Å². The Labute approximate surface area is 156 Å². The van der Waals surface area contributed by atoms with Gasteiger partial charge in [0.1, 0.15) is 5.82 Å². The summed E-state index contributed by atoms with van der Waals surface area (Å²) >= 11 is 0. The van der Waals surface area contributed by atoms with Gasteiger partial charge in [0.25, 0.3) is 5.56 Å². The molecule has 2 aliphatic heterocycles. The van der Waals surface area contributed by atoms with E-state index in [4.69, 9.17) is 0 Å². The van der Waals surface area contributed by atoms with Crippen molar-refractivity contribution < 1.29 is 4.79 Å². The van der Waals surface area contributed by atoms with Gasteiger partial charge in [-0.2, -0.15) is 0 Å². The minimum Gasteiger partial charge on any atom is -0.342 e. The van der Waals surface area contributed by atoms with E-state index in [0.29, 0.717) is 25.3 Å². The summed E-state index contributed by atoms with van der Waals surface area (Å²) in [6, 6.07) is 13.4. The molecule has 6 nitrogen and oxygen atoms in total. The fourth-order valence-corrected chi connectivity index (χ4v) is 4.61. The molecule has 27 heavy (non-hydrogen) atoms. The van der Waals surface area contributed by atoms with Crippen LogP contribution in [0.5, 0.6) is 0 Å². The summed E-state index contributed by atoms with van der Waals surface area (Å²) in [5.41, 5.74) is 3.10. The predicted octanol–water partition coefficient (Wildman–Crippen LogP) is 2.30. The highest BCUT2D eigenvalue weighted by Gasteiger charge is 2.35. The summed E-state index contributed by atoms with van der Waals surface area (Å²) in [5, 5.41) is 0. The highest BCUT2D eigenvalue weighted by atomic mass is 16.2. The summed E-state index contributed by atoms with van der Waals surface area (Å²) in [7, 11) is 0. The average molecular weight is 362 g/mol. The van der Waals surface area contributed by atoms with Crippen molar-refractivity contribution >= 4 is 16.9 Å². The number of nitrogens with one attached hydrogen (secondary N) is 1. The van der Waals surface area contributed by atoms with Gasteiger partial charge < -0.3 is 14.5 Å². The maximum Gasteiger partial charge on any atom is 0.250 e. The van der Waals surface area contributed by atoms with Gasteiger partial charge in [-0.05, 0) is 30.5 Å². The number of carbonyl (C=O) groups is 1. The van der Waals surface area contributed by atoms with Gasteiger partial charge >= 0.3 is 0 Å². The number of likely N-dealkylation sites (tertiary alicyclic amines) is 1. The number of aryl methyl sites for hydroxylation is 1. The Hall–Kier alpha value is -2.89. The number of carbonyl (C=O) groups excluding carboxylic acids is 1. The number of hydrogen-bond donors (Lipinski definition) is 1. The number of aromatic amines is 1. The monoisotopic (exact) mass is 362 g/mol. The minimum atomic E-state index is 0.0758. The van der Waals surface area contributed by atoms with Crippen molar-refractivity contribution in [3.8, 4) is 0 Å². The Morgan fingerprint density at radius 1 is 1.11 bits per heavy atom. The Bertz CT molecular complexity index is 1030. The van der Waals surface area contributed by atoms with Crippen molar-refractivity contribution in [3.63, 3.8) is 0 Å². The molecule has 1 saturated heterocycles. The lowest BCUT2D eigenvalue weighted by molar-refractivity contribution is -0.133. The van der Waals surface area contributed by atoms with Gasteiger partial charge in [-0.1, -0.05) is 18.2 Å². The highest BCUT2D eigenvalue weighted by Crippen LogP contribution is 2.35. The molecular formula is C21H22N4O2. The number of rotatable bonds is 3. The molecule has 3 aromatic rings. The van der Waals surface area contributed by atoms with Crippen LogP contribution < -0.4 is 5.56 Å². The summed E-state index contributed by atoms with van der Waals surface area (Å²) < 4.78 is 1.90. The van der Waals surface area contributed by atoms with E-state index in [1.165, 1.54) is 0 Å². The van der Waals surface area contributed by atoms with Gasteiger partial charge in [-0.25, -0.2) is 4.98 Å². The van der Waals surface area contributed by atoms with Gasteiger partial charge in [0.15, 0.2) is 0 Å². The standard InChI is InChI=1S/C21H22N4O2/c26-20(9-8-19-22-16-4-1-2-5-17(16)23-19)24-11-14-10-15(13-24)18-6-3-7-21(27)25(18)12-14/h1-7,14-15H,8-13H2,(H,22,23)/t14?,15-/m1/s1. The average Bonchev–Trinajstić information content (AvgIpc) is 3.10. The van der Waals surface area contributed by atoms with Crippen LogP contribution in [0.3, 0.4) is 0 Å². The number of para-hydroxylation sites is 2. The lowest BCUT2D eigenvalue weighted by Crippen LogP contribution is -2.49. The SMILES string of the molecule is O=C(CCc1nc2ccccc2[nH]1)N1CC2C[C@H](C1)c1cccc(=O)n1C2. The van der Waals surface area contributed by atoms with E-state index in [9.17, 15) is 9.59 Å². The number of imidazole rings is 1. The van der Waals surface area contributed by atoms with Gasteiger partial charge in [-0.3, -0.25) is 9.59 Å². The second kappa shape index (κ2) is 6.37. The molecular weight excluding hydrogens is 340 g/mol. The molecule has 1 unspecified atom stereocenters. The first-order valence-electron chi connectivity index (χ1n) is 9.58. The zero-order chi connectivity index (χ0) is 18.4. The Morgan fingerprint density at radius 3 is 2.89 bits per heavy atom. The number of nitrogens with zero attached hydrogens (tertiary/aromatic N) is 3. The van der Waals surface area contributed by atoms with Crippen LogP contribution in [0.25, 0.3) is 11.0 Å². The van der Waals surface area contributed by atoms with Gasteiger partial charge in [0.2, 0.25) is 5.91 Å². The normalized spacial score (nSPS) is 21.3. The predicted molar refractivity (Wildman–Crippen MR) is 103 cm³/mol. The maximum absolute atomic E-state index is 12.8. The summed E-state index contributed by atoms with van der Waals surface area (Å²) in [5.74, 6) is 1.67. The van der Waals surface area contributed by atoms with E-state index in [1.807, 2.05) is 45.9 Å². The van der Waals surface area contributed by atoms with Crippen LogP contribution in [0.15, 0.2) is 47.3 Å². The number of H-pyrrole nitrogens is 1. The van der Waals surface area contributed by atoms with Crippen LogP contribution in [0.2, 0.25) is 0 Å². The van der Waals surface area contributed by atoms with Crippen LogP contribution in [-0.4, -0.2) is 38.4 Å². The summed E-state index contributed by atoms with van der Waals surface area (Å²) in [4.78, 5) is 34.8. The first-order chi connectivity index (χ1) is 13.2. The molecule has 0 aliphatic carbocycles. The molecule has 0 radical (unpaired) electrons. The van der Waals surface area contributed by atoms with E-state index >= 15 is 0 Å². The lowest BCUT2D eigenvalue weighted by Gasteiger charge is -2.42. The molecule has 2 bridgehead atoms. The van der Waals surface area contributed by atoms with E-state index < -0.39 is 0 Å². The van der Waals surface area contributed by atoms with Crippen molar-refractivity contribution in [2.45, 2.75) is 31.7 Å². The molecule has 2 aliphatic rings. The quantitative estimate of drug-likeness (QED) is 0.777. The number of aromatic nitrogens is 3. The Balaban J connectivity index is 1.28. The number of pyridine rings is 1. The van der Waals surface area contributed by atoms with Crippen LogP contribution in [-0.2, 0) is 17.8 Å². The van der Waals surface area contributed by atoms with Crippen molar-refractivity contribution in [3.05, 3.63) is 64.3 Å². The Kier molecular flexibility index (Phi) is 3.85. The molecule has 1 N–H and O–H groups in total. The molecule has 1 aromatic carbocycles. The second-order valence-corrected chi connectivity index (χ2v) is 7.70. The van der Waals surface area contributed by atoms with E-state index in [1.54, 1.807) is 6.07 Å². The zero-order valence-electron chi connectivity index (χ0n) is 15.1. The third-order valence-corrected chi connectivity index (χ3v) is 5.85. The molecule has 0 spiro atoms. The van der Waals surface area contributed by atoms with Crippen molar-refractivity contribution in [1.29, 1.82) is 0 Å². The first-order valence-corrected chi connectivity index (χ1v) is 9.58. The first kappa shape index (κ1) is 16.3. The van der Waals surface area contributed by atoms with Gasteiger partial charge in [0, 0.05) is 50.2 Å². The summed E-state index contributed by atoms with van der Waals surface area (Å²) in [6.07, 6.45) is 2.15. The third-order valence-electron chi connectivity index (χ3n) is 5.85. The van der Waals surface area contributed by atoms with E-state index in [-0.39, 0.29) is 17.4 Å². The highest BCUT2D eigenvalue weighted by molar-refractivity contribution is 5.77. The number of fused-ring (bicyclic) bond motifs is 5. The number of amides is 1. The third kappa shape index (κ3) is 2.95. The van der Waals surface area contributed by atoms with Crippen molar-refractivity contribution in [2.24, 2.45) is 5.92 Å². The fourth-order valence-electron chi connectivity index (χ4n) is 4.61. The molecule has 5 rings (SSSR count). The lowest BCUT2D eigenvalue weighted by atomic mass is 9.83. The van der Waals surface area contributed by atoms with Gasteiger partial charge in [-0.15, -0.1) is 0 Å². The molecule has 0 saturated carbocycles. The molecule has 138 valence electrons. The van der Waals surface area contributed by atoms with Gasteiger partial charge in [0.05, 0.1) is 11.0 Å². The van der Waals surface area contributed by atoms with Crippen LogP contribution in [0, 0.1) is 5.92 Å². The number of hydrogen-bond acceptors (Lipinski definition) is 3. The minimum absolute atomic E-state index is 0.0758. The number of benzene rings is 1. The van der Waals surface area contributed by atoms with Crippen molar-refractivity contribution in [2.75, 3.05) is 13.1 Å². The largest absolute Gasteiger partial charge is 0.342 e. The molecule has 2 aromatic heterocycles. The van der Waals surface area contributed by atoms with E-state index in [0.717, 1.165) is 42.1 Å². The van der Waals surface area contributed by atoms with E-state index in [2.05, 4.69) is 9.97 Å². The molecule has 4 heterocycles.